The molecule has 1 fully saturated rings. The molecule has 0 radical (unpaired) electrons. The lowest BCUT2D eigenvalue weighted by Crippen LogP contribution is -2.18. The van der Waals surface area contributed by atoms with Crippen LogP contribution in [-0.4, -0.2) is 37.8 Å². The van der Waals surface area contributed by atoms with Gasteiger partial charge >= 0.3 is 0 Å². The Hall–Kier alpha value is -2.91. The van der Waals surface area contributed by atoms with Crippen LogP contribution in [0.4, 0.5) is 11.4 Å². The van der Waals surface area contributed by atoms with E-state index in [4.69, 9.17) is 11.6 Å². The summed E-state index contributed by atoms with van der Waals surface area (Å²) in [6.45, 7) is 0. The quantitative estimate of drug-likeness (QED) is 0.557. The monoisotopic (exact) mass is 428 g/mol. The van der Waals surface area contributed by atoms with Crippen LogP contribution in [-0.2, 0) is 4.79 Å². The number of carbonyl (C=O) groups excluding carboxylic acids is 2. The summed E-state index contributed by atoms with van der Waals surface area (Å²) in [7, 11) is 0. The number of nitrogens with one attached hydrogen (secondary N) is 2. The number of rotatable bonds is 7. The van der Waals surface area contributed by atoms with E-state index in [1.54, 1.807) is 53.2 Å². The topological polar surface area (TPSA) is 102 Å². The predicted octanol–water partition coefficient (Wildman–Crippen LogP) is 3.64. The molecule has 0 saturated heterocycles. The standard InChI is InChI=1S/C19H17ClN6O2S/c20-13-7-5-12(6-8-13)18(28)22-16-4-2-1-3-15(16)21-17(27)11-29-19-23-24-25-26(19)14-9-10-14/h1-8,14H,9-11H2,(H,21,27)(H,22,28). The second kappa shape index (κ2) is 8.62. The number of amides is 2. The first-order chi connectivity index (χ1) is 14.1. The van der Waals surface area contributed by atoms with E-state index in [9.17, 15) is 9.59 Å². The molecule has 10 heteroatoms. The highest BCUT2D eigenvalue weighted by atomic mass is 35.5. The van der Waals surface area contributed by atoms with E-state index in [1.165, 1.54) is 11.8 Å². The van der Waals surface area contributed by atoms with Crippen LogP contribution < -0.4 is 10.6 Å². The van der Waals surface area contributed by atoms with Crippen molar-refractivity contribution in [3.63, 3.8) is 0 Å². The van der Waals surface area contributed by atoms with E-state index < -0.39 is 0 Å². The molecule has 1 aliphatic carbocycles. The lowest BCUT2D eigenvalue weighted by molar-refractivity contribution is -0.113. The molecule has 0 unspecified atom stereocenters. The van der Waals surface area contributed by atoms with Crippen molar-refractivity contribution < 1.29 is 9.59 Å². The van der Waals surface area contributed by atoms with Crippen LogP contribution in [0.1, 0.15) is 29.2 Å². The van der Waals surface area contributed by atoms with Gasteiger partial charge in [0, 0.05) is 10.6 Å². The zero-order valence-corrected chi connectivity index (χ0v) is 16.8. The molecule has 29 heavy (non-hydrogen) atoms. The molecule has 8 nitrogen and oxygen atoms in total. The summed E-state index contributed by atoms with van der Waals surface area (Å²) in [5.74, 6) is -0.345. The minimum Gasteiger partial charge on any atom is -0.324 e. The van der Waals surface area contributed by atoms with Gasteiger partial charge in [0.05, 0.1) is 23.2 Å². The number of benzene rings is 2. The molecule has 3 aromatic rings. The van der Waals surface area contributed by atoms with Crippen LogP contribution in [0.15, 0.2) is 53.7 Å². The number of carbonyl (C=O) groups is 2. The summed E-state index contributed by atoms with van der Waals surface area (Å²) in [4.78, 5) is 24.9. The maximum absolute atomic E-state index is 12.5. The van der Waals surface area contributed by atoms with E-state index in [0.717, 1.165) is 12.8 Å². The maximum atomic E-state index is 12.5. The fourth-order valence-corrected chi connectivity index (χ4v) is 3.51. The molecule has 1 saturated carbocycles. The number of para-hydroxylation sites is 2. The van der Waals surface area contributed by atoms with Gasteiger partial charge in [-0.1, -0.05) is 35.5 Å². The van der Waals surface area contributed by atoms with Crippen molar-refractivity contribution in [1.82, 2.24) is 20.2 Å². The average molecular weight is 429 g/mol. The summed E-state index contributed by atoms with van der Waals surface area (Å²) >= 11 is 7.14. The molecular formula is C19H17ClN6O2S. The number of hydrogen-bond donors (Lipinski definition) is 2. The van der Waals surface area contributed by atoms with Crippen molar-refractivity contribution in [3.8, 4) is 0 Å². The zero-order chi connectivity index (χ0) is 20.2. The smallest absolute Gasteiger partial charge is 0.255 e. The molecule has 1 aromatic heterocycles. The van der Waals surface area contributed by atoms with Gasteiger partial charge in [0.15, 0.2) is 0 Å². The molecule has 0 aliphatic heterocycles. The highest BCUT2D eigenvalue weighted by Gasteiger charge is 2.28. The molecule has 148 valence electrons. The van der Waals surface area contributed by atoms with Crippen molar-refractivity contribution in [3.05, 3.63) is 59.1 Å². The Balaban J connectivity index is 1.38. The number of thioether (sulfide) groups is 1. The van der Waals surface area contributed by atoms with E-state index in [1.807, 2.05) is 0 Å². The van der Waals surface area contributed by atoms with Gasteiger partial charge in [-0.3, -0.25) is 9.59 Å². The highest BCUT2D eigenvalue weighted by Crippen LogP contribution is 2.36. The zero-order valence-electron chi connectivity index (χ0n) is 15.2. The summed E-state index contributed by atoms with van der Waals surface area (Å²) in [5, 5.41) is 18.5. The largest absolute Gasteiger partial charge is 0.324 e. The van der Waals surface area contributed by atoms with Crippen molar-refractivity contribution in [2.75, 3.05) is 16.4 Å². The Morgan fingerprint density at radius 3 is 2.45 bits per heavy atom. The summed E-state index contributed by atoms with van der Waals surface area (Å²) < 4.78 is 1.76. The molecule has 0 spiro atoms. The lowest BCUT2D eigenvalue weighted by atomic mass is 10.2. The number of anilines is 2. The van der Waals surface area contributed by atoms with Crippen LogP contribution in [0.3, 0.4) is 0 Å². The van der Waals surface area contributed by atoms with Crippen molar-refractivity contribution >= 4 is 46.6 Å². The Kier molecular flexibility index (Phi) is 5.77. The molecular weight excluding hydrogens is 412 g/mol. The first-order valence-electron chi connectivity index (χ1n) is 8.96. The third-order valence-electron chi connectivity index (χ3n) is 4.24. The molecule has 0 atom stereocenters. The van der Waals surface area contributed by atoms with E-state index in [-0.39, 0.29) is 17.6 Å². The molecule has 2 N–H and O–H groups in total. The van der Waals surface area contributed by atoms with E-state index in [0.29, 0.717) is 33.2 Å². The number of aromatic nitrogens is 4. The maximum Gasteiger partial charge on any atom is 0.255 e. The van der Waals surface area contributed by atoms with Crippen LogP contribution in [0.5, 0.6) is 0 Å². The second-order valence-electron chi connectivity index (χ2n) is 6.48. The Morgan fingerprint density at radius 2 is 1.76 bits per heavy atom. The first kappa shape index (κ1) is 19.4. The van der Waals surface area contributed by atoms with Gasteiger partial charge in [0.25, 0.3) is 5.91 Å². The third-order valence-corrected chi connectivity index (χ3v) is 5.43. The molecule has 2 aromatic carbocycles. The Labute approximate surface area is 176 Å². The normalized spacial score (nSPS) is 13.1. The minimum atomic E-state index is -0.290. The van der Waals surface area contributed by atoms with Gasteiger partial charge in [0.2, 0.25) is 11.1 Å². The predicted molar refractivity (Wildman–Crippen MR) is 111 cm³/mol. The van der Waals surface area contributed by atoms with Crippen LogP contribution >= 0.6 is 23.4 Å². The van der Waals surface area contributed by atoms with Gasteiger partial charge in [-0.05, 0) is 59.7 Å². The van der Waals surface area contributed by atoms with Crippen molar-refractivity contribution in [2.24, 2.45) is 0 Å². The summed E-state index contributed by atoms with van der Waals surface area (Å²) in [6.07, 6.45) is 2.12. The molecule has 1 aliphatic rings. The number of nitrogens with zero attached hydrogens (tertiary/aromatic N) is 4. The van der Waals surface area contributed by atoms with Crippen LogP contribution in [0, 0.1) is 0 Å². The SMILES string of the molecule is O=C(CSc1nnnn1C1CC1)Nc1ccccc1NC(=O)c1ccc(Cl)cc1. The van der Waals surface area contributed by atoms with E-state index >= 15 is 0 Å². The average Bonchev–Trinajstić information content (AvgIpc) is 3.46. The van der Waals surface area contributed by atoms with Crippen molar-refractivity contribution in [1.29, 1.82) is 0 Å². The molecule has 1 heterocycles. The summed E-state index contributed by atoms with van der Waals surface area (Å²) in [6, 6.07) is 13.9. The fraction of sp³-hybridized carbons (Fsp3) is 0.211. The number of tetrazole rings is 1. The van der Waals surface area contributed by atoms with E-state index in [2.05, 4.69) is 26.2 Å². The van der Waals surface area contributed by atoms with Crippen LogP contribution in [0.2, 0.25) is 5.02 Å². The van der Waals surface area contributed by atoms with Crippen molar-refractivity contribution in [2.45, 2.75) is 24.0 Å². The molecule has 2 amide bonds. The minimum absolute atomic E-state index is 0.159. The van der Waals surface area contributed by atoms with Gasteiger partial charge in [-0.15, -0.1) is 5.10 Å². The first-order valence-corrected chi connectivity index (χ1v) is 10.3. The molecule has 0 bridgehead atoms. The highest BCUT2D eigenvalue weighted by molar-refractivity contribution is 7.99. The van der Waals surface area contributed by atoms with Gasteiger partial charge in [0.1, 0.15) is 0 Å². The lowest BCUT2D eigenvalue weighted by Gasteiger charge is -2.12. The van der Waals surface area contributed by atoms with Gasteiger partial charge in [-0.25, -0.2) is 4.68 Å². The summed E-state index contributed by atoms with van der Waals surface area (Å²) in [5.41, 5.74) is 1.49. The van der Waals surface area contributed by atoms with Gasteiger partial charge in [-0.2, -0.15) is 0 Å². The number of halogens is 1. The Morgan fingerprint density at radius 1 is 1.07 bits per heavy atom. The Bertz CT molecular complexity index is 1040. The fourth-order valence-electron chi connectivity index (χ4n) is 2.64. The molecule has 4 rings (SSSR count). The van der Waals surface area contributed by atoms with Crippen LogP contribution in [0.25, 0.3) is 0 Å². The van der Waals surface area contributed by atoms with Gasteiger partial charge < -0.3 is 10.6 Å². The number of hydrogen-bond acceptors (Lipinski definition) is 6. The second-order valence-corrected chi connectivity index (χ2v) is 7.86. The third kappa shape index (κ3) is 4.93.